The Bertz CT molecular complexity index is 1890. The largest absolute Gasteiger partial charge is 0.507 e. The standard InChI is InChI=1S/C34H33ClF2N4O4/c1-6-24(43)39-13-14-40-19(15-39)16-45-32-27-31(29(37)26(28(32)35)25-22(36)11-8-12-23(25)42)41(34(44)38-33(27)40)30-20(17(2)3)9-7-10-21(30)18(4)5/h6-12,17-19,42H,1,13-16H2,2-5H3. The van der Waals surface area contributed by atoms with E-state index in [1.807, 2.05) is 50.8 Å². The Kier molecular flexibility index (Phi) is 7.81. The molecule has 0 spiro atoms. The Balaban J connectivity index is 1.78. The quantitative estimate of drug-likeness (QED) is 0.251. The zero-order valence-corrected chi connectivity index (χ0v) is 26.2. The van der Waals surface area contributed by atoms with Crippen molar-refractivity contribution in [3.63, 3.8) is 0 Å². The molecular formula is C34H33ClF2N4O4. The van der Waals surface area contributed by atoms with Gasteiger partial charge in [0.15, 0.2) is 11.6 Å². The second kappa shape index (κ2) is 11.5. The molecule has 1 N–H and O–H groups in total. The lowest BCUT2D eigenvalue weighted by Gasteiger charge is -2.40. The van der Waals surface area contributed by atoms with Crippen LogP contribution in [0.15, 0.2) is 53.8 Å². The fraction of sp³-hybridized carbons (Fsp3) is 0.324. The van der Waals surface area contributed by atoms with E-state index in [4.69, 9.17) is 16.3 Å². The lowest BCUT2D eigenvalue weighted by Crippen LogP contribution is -2.56. The normalized spacial score (nSPS) is 16.2. The molecule has 4 aromatic rings. The van der Waals surface area contributed by atoms with Gasteiger partial charge in [0.25, 0.3) is 0 Å². The minimum Gasteiger partial charge on any atom is -0.507 e. The first kappa shape index (κ1) is 30.6. The summed E-state index contributed by atoms with van der Waals surface area (Å²) in [6, 6.07) is 8.84. The minimum atomic E-state index is -1.00. The molecule has 0 saturated carbocycles. The van der Waals surface area contributed by atoms with Crippen molar-refractivity contribution >= 4 is 34.2 Å². The summed E-state index contributed by atoms with van der Waals surface area (Å²) in [7, 11) is 0. The number of halogens is 3. The van der Waals surface area contributed by atoms with Gasteiger partial charge in [-0.05, 0) is 41.2 Å². The van der Waals surface area contributed by atoms with Crippen molar-refractivity contribution in [2.24, 2.45) is 0 Å². The number of hydrogen-bond acceptors (Lipinski definition) is 6. The van der Waals surface area contributed by atoms with Gasteiger partial charge in [0.2, 0.25) is 5.91 Å². The molecule has 6 rings (SSSR count). The van der Waals surface area contributed by atoms with E-state index in [2.05, 4.69) is 11.6 Å². The van der Waals surface area contributed by atoms with Gasteiger partial charge in [0.1, 0.15) is 29.5 Å². The van der Waals surface area contributed by atoms with Crippen LogP contribution in [0.4, 0.5) is 14.6 Å². The number of aromatic hydroxyl groups is 1. The van der Waals surface area contributed by atoms with E-state index in [9.17, 15) is 14.7 Å². The first-order valence-corrected chi connectivity index (χ1v) is 15.2. The second-order valence-electron chi connectivity index (χ2n) is 12.0. The fourth-order valence-electron chi connectivity index (χ4n) is 6.45. The maximum Gasteiger partial charge on any atom is 0.354 e. The predicted octanol–water partition coefficient (Wildman–Crippen LogP) is 6.53. The molecule has 1 fully saturated rings. The van der Waals surface area contributed by atoms with Crippen molar-refractivity contribution in [1.82, 2.24) is 14.5 Å². The lowest BCUT2D eigenvalue weighted by molar-refractivity contribution is -0.126. The maximum atomic E-state index is 17.4. The highest BCUT2D eigenvalue weighted by Gasteiger charge is 2.39. The maximum absolute atomic E-state index is 17.4. The van der Waals surface area contributed by atoms with Crippen LogP contribution in [0.25, 0.3) is 27.7 Å². The van der Waals surface area contributed by atoms with Crippen molar-refractivity contribution in [2.75, 3.05) is 31.1 Å². The Morgan fingerprint density at radius 1 is 1.09 bits per heavy atom. The molecule has 1 saturated heterocycles. The summed E-state index contributed by atoms with van der Waals surface area (Å²) in [5.74, 6) is -2.64. The average Bonchev–Trinajstić information content (AvgIpc) is 3.16. The van der Waals surface area contributed by atoms with Crippen LogP contribution < -0.4 is 15.3 Å². The molecule has 0 radical (unpaired) electrons. The number of carbonyl (C=O) groups is 1. The number of nitrogens with zero attached hydrogens (tertiary/aromatic N) is 4. The van der Waals surface area contributed by atoms with Crippen LogP contribution in [0.3, 0.4) is 0 Å². The summed E-state index contributed by atoms with van der Waals surface area (Å²) < 4.78 is 40.3. The van der Waals surface area contributed by atoms with E-state index in [0.717, 1.165) is 17.2 Å². The van der Waals surface area contributed by atoms with E-state index in [0.29, 0.717) is 12.2 Å². The number of aromatic nitrogens is 2. The number of phenols is 1. The van der Waals surface area contributed by atoms with Crippen molar-refractivity contribution in [2.45, 2.75) is 45.6 Å². The summed E-state index contributed by atoms with van der Waals surface area (Å²) in [6.45, 7) is 12.3. The predicted molar refractivity (Wildman–Crippen MR) is 171 cm³/mol. The van der Waals surface area contributed by atoms with Crippen molar-refractivity contribution < 1.29 is 23.4 Å². The zero-order chi connectivity index (χ0) is 32.3. The minimum absolute atomic E-state index is 0.00564. The highest BCUT2D eigenvalue weighted by Crippen LogP contribution is 2.50. The van der Waals surface area contributed by atoms with Gasteiger partial charge in [-0.3, -0.25) is 9.36 Å². The van der Waals surface area contributed by atoms with Gasteiger partial charge in [-0.25, -0.2) is 13.6 Å². The first-order chi connectivity index (χ1) is 21.5. The van der Waals surface area contributed by atoms with Gasteiger partial charge in [0, 0.05) is 25.2 Å². The number of hydrogen-bond donors (Lipinski definition) is 1. The van der Waals surface area contributed by atoms with Crippen LogP contribution in [-0.2, 0) is 4.79 Å². The topological polar surface area (TPSA) is 87.9 Å². The van der Waals surface area contributed by atoms with Crippen LogP contribution in [0.2, 0.25) is 5.02 Å². The number of phenolic OH excluding ortho intramolecular Hbond substituents is 1. The van der Waals surface area contributed by atoms with Gasteiger partial charge in [0.05, 0.1) is 27.7 Å². The van der Waals surface area contributed by atoms with Gasteiger partial charge in [-0.2, -0.15) is 4.98 Å². The molecule has 1 amide bonds. The summed E-state index contributed by atoms with van der Waals surface area (Å²) in [4.78, 5) is 34.8. The third-order valence-electron chi connectivity index (χ3n) is 8.62. The molecule has 3 heterocycles. The number of anilines is 1. The number of amides is 1. The van der Waals surface area contributed by atoms with Crippen molar-refractivity contribution in [3.8, 4) is 28.3 Å². The number of piperazine rings is 1. The molecule has 1 atom stereocenters. The molecule has 234 valence electrons. The van der Waals surface area contributed by atoms with Crippen LogP contribution in [-0.4, -0.2) is 57.7 Å². The van der Waals surface area contributed by atoms with E-state index in [-0.39, 0.29) is 64.9 Å². The number of benzene rings is 3. The lowest BCUT2D eigenvalue weighted by atomic mass is 9.92. The molecule has 1 aromatic heterocycles. The molecule has 3 aromatic carbocycles. The third-order valence-corrected chi connectivity index (χ3v) is 8.98. The summed E-state index contributed by atoms with van der Waals surface area (Å²) in [5, 5.41) is 10.6. The number of carbonyl (C=O) groups excluding carboxylic acids is 1. The summed E-state index contributed by atoms with van der Waals surface area (Å²) in [5.41, 5.74) is 0.230. The highest BCUT2D eigenvalue weighted by atomic mass is 35.5. The molecule has 2 aliphatic heterocycles. The van der Waals surface area contributed by atoms with Crippen LogP contribution in [0, 0.1) is 11.6 Å². The Hall–Kier alpha value is -4.44. The molecule has 11 heteroatoms. The van der Waals surface area contributed by atoms with Gasteiger partial charge >= 0.3 is 5.69 Å². The number of ether oxygens (including phenoxy) is 1. The van der Waals surface area contributed by atoms with Crippen LogP contribution in [0.1, 0.15) is 50.7 Å². The van der Waals surface area contributed by atoms with Gasteiger partial charge < -0.3 is 19.6 Å². The van der Waals surface area contributed by atoms with E-state index < -0.39 is 40.2 Å². The monoisotopic (exact) mass is 634 g/mol. The first-order valence-electron chi connectivity index (χ1n) is 14.9. The smallest absolute Gasteiger partial charge is 0.354 e. The number of fused-ring (bicyclic) bond motifs is 2. The Labute approximate surface area is 264 Å². The molecule has 8 nitrogen and oxygen atoms in total. The van der Waals surface area contributed by atoms with Crippen molar-refractivity contribution in [1.29, 1.82) is 0 Å². The van der Waals surface area contributed by atoms with Crippen LogP contribution >= 0.6 is 11.6 Å². The molecule has 0 aliphatic carbocycles. The Morgan fingerprint density at radius 2 is 1.76 bits per heavy atom. The van der Waals surface area contributed by atoms with E-state index in [1.165, 1.54) is 22.8 Å². The van der Waals surface area contributed by atoms with E-state index >= 15 is 8.78 Å². The average molecular weight is 635 g/mol. The SMILES string of the molecule is C=CC(=O)N1CCN2c3nc(=O)n(-c4c(C(C)C)cccc4C(C)C)c4c(F)c(-c5c(O)cccc5F)c(Cl)c(c34)OCC2C1. The number of rotatable bonds is 5. The molecule has 2 aliphatic rings. The molecule has 0 bridgehead atoms. The zero-order valence-electron chi connectivity index (χ0n) is 25.4. The van der Waals surface area contributed by atoms with Gasteiger partial charge in [-0.15, -0.1) is 0 Å². The third kappa shape index (κ3) is 4.82. The molecule has 45 heavy (non-hydrogen) atoms. The molecule has 1 unspecified atom stereocenters. The Morgan fingerprint density at radius 3 is 2.38 bits per heavy atom. The molecular weight excluding hydrogens is 602 g/mol. The number of para-hydroxylation sites is 1. The summed E-state index contributed by atoms with van der Waals surface area (Å²) >= 11 is 6.90. The fourth-order valence-corrected chi connectivity index (χ4v) is 6.78. The second-order valence-corrected chi connectivity index (χ2v) is 12.4. The van der Waals surface area contributed by atoms with Crippen molar-refractivity contribution in [3.05, 3.63) is 87.3 Å². The summed E-state index contributed by atoms with van der Waals surface area (Å²) in [6.07, 6.45) is 1.23. The van der Waals surface area contributed by atoms with Crippen LogP contribution in [0.5, 0.6) is 11.5 Å². The highest BCUT2D eigenvalue weighted by molar-refractivity contribution is 6.36. The van der Waals surface area contributed by atoms with E-state index in [1.54, 1.807) is 4.90 Å². The van der Waals surface area contributed by atoms with Gasteiger partial charge in [-0.1, -0.05) is 70.1 Å².